The smallest absolute Gasteiger partial charge is 0.248 e. The lowest BCUT2D eigenvalue weighted by Crippen LogP contribution is -2.42. The highest BCUT2D eigenvalue weighted by molar-refractivity contribution is 6.30. The first-order chi connectivity index (χ1) is 7.70. The first-order valence-corrected chi connectivity index (χ1v) is 5.73. The quantitative estimate of drug-likeness (QED) is 0.792. The van der Waals surface area contributed by atoms with E-state index in [1.165, 1.54) is 0 Å². The summed E-state index contributed by atoms with van der Waals surface area (Å²) in [5.41, 5.74) is 1.07. The molecule has 1 fully saturated rings. The second-order valence-corrected chi connectivity index (χ2v) is 4.22. The van der Waals surface area contributed by atoms with Crippen molar-refractivity contribution in [1.82, 2.24) is 4.90 Å². The van der Waals surface area contributed by atoms with Crippen molar-refractivity contribution in [1.29, 1.82) is 0 Å². The zero-order chi connectivity index (χ0) is 11.5. The molecule has 1 aromatic carbocycles. The third-order valence-corrected chi connectivity index (χ3v) is 3.02. The van der Waals surface area contributed by atoms with Crippen LogP contribution in [0.25, 0.3) is 0 Å². The Hall–Kier alpha value is -1.06. The maximum absolute atomic E-state index is 11.4. The van der Waals surface area contributed by atoms with E-state index >= 15 is 0 Å². The molecule has 1 aliphatic heterocycles. The van der Waals surface area contributed by atoms with Gasteiger partial charge in [0.25, 0.3) is 0 Å². The number of rotatable bonds is 2. The number of hydrogen-bond donors (Lipinski definition) is 0. The van der Waals surface area contributed by atoms with Crippen molar-refractivity contribution in [2.24, 2.45) is 0 Å². The van der Waals surface area contributed by atoms with E-state index in [0.29, 0.717) is 11.6 Å². The van der Waals surface area contributed by atoms with E-state index in [2.05, 4.69) is 0 Å². The third-order valence-electron chi connectivity index (χ3n) is 2.77. The summed E-state index contributed by atoms with van der Waals surface area (Å²) in [6.07, 6.45) is -0.0325. The molecule has 16 heavy (non-hydrogen) atoms. The van der Waals surface area contributed by atoms with Gasteiger partial charge in [-0.25, -0.2) is 0 Å². The van der Waals surface area contributed by atoms with E-state index in [-0.39, 0.29) is 18.6 Å². The fraction of sp³-hybridized carbons (Fsp3) is 0.417. The summed E-state index contributed by atoms with van der Waals surface area (Å²) in [4.78, 5) is 13.2. The molecule has 0 unspecified atom stereocenters. The van der Waals surface area contributed by atoms with Crippen LogP contribution in [0, 0.1) is 0 Å². The largest absolute Gasteiger partial charge is 0.362 e. The van der Waals surface area contributed by atoms with Gasteiger partial charge in [0.2, 0.25) is 5.91 Å². The van der Waals surface area contributed by atoms with Crippen LogP contribution in [0.15, 0.2) is 24.3 Å². The molecule has 4 heteroatoms. The Bertz CT molecular complexity index is 377. The minimum atomic E-state index is -0.0325. The van der Waals surface area contributed by atoms with Crippen LogP contribution < -0.4 is 0 Å². The lowest BCUT2D eigenvalue weighted by molar-refractivity contribution is -0.148. The highest BCUT2D eigenvalue weighted by atomic mass is 35.5. The van der Waals surface area contributed by atoms with Crippen LogP contribution in [-0.2, 0) is 9.53 Å². The van der Waals surface area contributed by atoms with Crippen LogP contribution in [-0.4, -0.2) is 30.5 Å². The molecule has 1 amide bonds. The van der Waals surface area contributed by atoms with E-state index < -0.39 is 0 Å². The van der Waals surface area contributed by atoms with Crippen LogP contribution in [0.2, 0.25) is 5.02 Å². The highest BCUT2D eigenvalue weighted by Gasteiger charge is 2.25. The van der Waals surface area contributed by atoms with E-state index in [9.17, 15) is 4.79 Å². The van der Waals surface area contributed by atoms with Gasteiger partial charge in [-0.3, -0.25) is 4.79 Å². The SMILES string of the molecule is CCN1C[C@H](c2ccc(Cl)cc2)OCC1=O. The molecule has 0 aliphatic carbocycles. The summed E-state index contributed by atoms with van der Waals surface area (Å²) in [7, 11) is 0. The number of carbonyl (C=O) groups excluding carboxylic acids is 1. The Labute approximate surface area is 100.0 Å². The molecule has 1 aromatic rings. The van der Waals surface area contributed by atoms with Crippen LogP contribution in [0.1, 0.15) is 18.6 Å². The number of benzene rings is 1. The van der Waals surface area contributed by atoms with Crippen LogP contribution in [0.4, 0.5) is 0 Å². The number of likely N-dealkylation sites (N-methyl/N-ethyl adjacent to an activating group) is 1. The monoisotopic (exact) mass is 239 g/mol. The molecule has 0 N–H and O–H groups in total. The minimum absolute atomic E-state index is 0.0325. The van der Waals surface area contributed by atoms with Crippen molar-refractivity contribution < 1.29 is 9.53 Å². The summed E-state index contributed by atoms with van der Waals surface area (Å²) in [5, 5.41) is 0.711. The number of nitrogens with zero attached hydrogens (tertiary/aromatic N) is 1. The number of hydrogen-bond acceptors (Lipinski definition) is 2. The maximum Gasteiger partial charge on any atom is 0.248 e. The number of carbonyl (C=O) groups is 1. The van der Waals surface area contributed by atoms with E-state index in [1.54, 1.807) is 0 Å². The van der Waals surface area contributed by atoms with Crippen LogP contribution in [0.5, 0.6) is 0 Å². The summed E-state index contributed by atoms with van der Waals surface area (Å²) in [6.45, 7) is 3.49. The second kappa shape index (κ2) is 4.85. The molecule has 86 valence electrons. The number of ether oxygens (including phenoxy) is 1. The Kier molecular flexibility index (Phi) is 3.46. The molecule has 0 bridgehead atoms. The zero-order valence-corrected chi connectivity index (χ0v) is 9.91. The summed E-state index contributed by atoms with van der Waals surface area (Å²) in [5.74, 6) is 0.0627. The molecular formula is C12H14ClNO2. The molecular weight excluding hydrogens is 226 g/mol. The van der Waals surface area contributed by atoms with E-state index in [1.807, 2.05) is 36.1 Å². The van der Waals surface area contributed by atoms with E-state index in [0.717, 1.165) is 12.1 Å². The average Bonchev–Trinajstić information content (AvgIpc) is 2.31. The summed E-state index contributed by atoms with van der Waals surface area (Å²) in [6, 6.07) is 7.56. The Balaban J connectivity index is 2.11. The van der Waals surface area contributed by atoms with Crippen molar-refractivity contribution in [2.45, 2.75) is 13.0 Å². The number of amides is 1. The lowest BCUT2D eigenvalue weighted by atomic mass is 10.1. The molecule has 1 heterocycles. The van der Waals surface area contributed by atoms with Gasteiger partial charge in [-0.2, -0.15) is 0 Å². The molecule has 0 spiro atoms. The van der Waals surface area contributed by atoms with E-state index in [4.69, 9.17) is 16.3 Å². The average molecular weight is 240 g/mol. The standard InChI is InChI=1S/C12H14ClNO2/c1-2-14-7-11(16-8-12(14)15)9-3-5-10(13)6-4-9/h3-6,11H,2,7-8H2,1H3/t11-/m1/s1. The first-order valence-electron chi connectivity index (χ1n) is 5.35. The Morgan fingerprint density at radius 3 is 2.75 bits per heavy atom. The lowest BCUT2D eigenvalue weighted by Gasteiger charge is -2.32. The van der Waals surface area contributed by atoms with Crippen molar-refractivity contribution in [3.05, 3.63) is 34.9 Å². The fourth-order valence-electron chi connectivity index (χ4n) is 1.80. The van der Waals surface area contributed by atoms with Crippen LogP contribution in [0.3, 0.4) is 0 Å². The highest BCUT2D eigenvalue weighted by Crippen LogP contribution is 2.23. The molecule has 0 radical (unpaired) electrons. The van der Waals surface area contributed by atoms with Crippen molar-refractivity contribution in [2.75, 3.05) is 19.7 Å². The van der Waals surface area contributed by atoms with Gasteiger partial charge < -0.3 is 9.64 Å². The molecule has 2 rings (SSSR count). The van der Waals surface area contributed by atoms with Crippen molar-refractivity contribution >= 4 is 17.5 Å². The molecule has 0 saturated carbocycles. The normalized spacial score (nSPS) is 21.2. The number of morpholine rings is 1. The van der Waals surface area contributed by atoms with Gasteiger partial charge in [-0.15, -0.1) is 0 Å². The molecule has 1 saturated heterocycles. The second-order valence-electron chi connectivity index (χ2n) is 3.78. The summed E-state index contributed by atoms with van der Waals surface area (Å²) >= 11 is 5.82. The predicted octanol–water partition coefficient (Wildman–Crippen LogP) is 2.26. The Morgan fingerprint density at radius 1 is 1.44 bits per heavy atom. The molecule has 1 atom stereocenters. The van der Waals surface area contributed by atoms with Gasteiger partial charge in [0.15, 0.2) is 0 Å². The summed E-state index contributed by atoms with van der Waals surface area (Å²) < 4.78 is 5.51. The maximum atomic E-state index is 11.4. The van der Waals surface area contributed by atoms with Gasteiger partial charge in [0.1, 0.15) is 12.7 Å². The van der Waals surface area contributed by atoms with Gasteiger partial charge in [0, 0.05) is 11.6 Å². The fourth-order valence-corrected chi connectivity index (χ4v) is 1.93. The zero-order valence-electron chi connectivity index (χ0n) is 9.15. The van der Waals surface area contributed by atoms with Crippen molar-refractivity contribution in [3.63, 3.8) is 0 Å². The van der Waals surface area contributed by atoms with Crippen molar-refractivity contribution in [3.8, 4) is 0 Å². The topological polar surface area (TPSA) is 29.5 Å². The van der Waals surface area contributed by atoms with Gasteiger partial charge >= 0.3 is 0 Å². The predicted molar refractivity (Wildman–Crippen MR) is 62.4 cm³/mol. The number of halogens is 1. The molecule has 3 nitrogen and oxygen atoms in total. The third kappa shape index (κ3) is 2.36. The van der Waals surface area contributed by atoms with Gasteiger partial charge in [0.05, 0.1) is 6.54 Å². The molecule has 1 aliphatic rings. The first kappa shape index (κ1) is 11.4. The Morgan fingerprint density at radius 2 is 2.12 bits per heavy atom. The van der Waals surface area contributed by atoms with Gasteiger partial charge in [-0.1, -0.05) is 23.7 Å². The van der Waals surface area contributed by atoms with Crippen LogP contribution >= 0.6 is 11.6 Å². The van der Waals surface area contributed by atoms with Gasteiger partial charge in [-0.05, 0) is 24.6 Å². The molecule has 0 aromatic heterocycles. The minimum Gasteiger partial charge on any atom is -0.362 e.